The van der Waals surface area contributed by atoms with Gasteiger partial charge in [0.1, 0.15) is 0 Å². The van der Waals surface area contributed by atoms with Crippen LogP contribution in [0.5, 0.6) is 0 Å². The first-order valence-corrected chi connectivity index (χ1v) is 6.13. The minimum Gasteiger partial charge on any atom is -0.363 e. The van der Waals surface area contributed by atoms with Gasteiger partial charge in [-0.15, -0.1) is 0 Å². The smallest absolute Gasteiger partial charge is 0.170 e. The fourth-order valence-corrected chi connectivity index (χ4v) is 2.38. The van der Waals surface area contributed by atoms with E-state index in [-0.39, 0.29) is 0 Å². The van der Waals surface area contributed by atoms with Gasteiger partial charge in [-0.05, 0) is 63.1 Å². The molecule has 0 radical (unpaired) electrons. The molecular weight excluding hydrogens is 328 g/mol. The van der Waals surface area contributed by atoms with Gasteiger partial charge in [-0.25, -0.2) is 0 Å². The average Bonchev–Trinajstić information content (AvgIpc) is 2.12. The maximum absolute atomic E-state index is 5.09. The van der Waals surface area contributed by atoms with Crippen molar-refractivity contribution in [2.75, 3.05) is 11.9 Å². The third-order valence-corrected chi connectivity index (χ3v) is 3.11. The van der Waals surface area contributed by atoms with Crippen molar-refractivity contribution >= 4 is 54.9 Å². The molecule has 0 saturated heterocycles. The molecule has 0 aliphatic rings. The first-order chi connectivity index (χ1) is 6.65. The monoisotopic (exact) mass is 336 g/mol. The van der Waals surface area contributed by atoms with E-state index >= 15 is 0 Å². The van der Waals surface area contributed by atoms with Crippen LogP contribution in [-0.4, -0.2) is 11.7 Å². The highest BCUT2D eigenvalue weighted by atomic mass is 79.9. The zero-order valence-electron chi connectivity index (χ0n) is 7.60. The Balaban J connectivity index is 2.80. The summed E-state index contributed by atoms with van der Waals surface area (Å²) >= 11 is 12.0. The normalized spacial score (nSPS) is 9.64. The summed E-state index contributed by atoms with van der Waals surface area (Å²) in [5.41, 5.74) is 0.943. The second-order valence-electron chi connectivity index (χ2n) is 2.58. The van der Waals surface area contributed by atoms with Gasteiger partial charge in [0.15, 0.2) is 5.11 Å². The van der Waals surface area contributed by atoms with Crippen LogP contribution < -0.4 is 10.6 Å². The van der Waals surface area contributed by atoms with Crippen molar-refractivity contribution in [3.63, 3.8) is 0 Å². The number of para-hydroxylation sites is 1. The predicted octanol–water partition coefficient (Wildman–Crippen LogP) is 3.52. The van der Waals surface area contributed by atoms with Gasteiger partial charge in [0.2, 0.25) is 0 Å². The Hall–Kier alpha value is -0.130. The lowest BCUT2D eigenvalue weighted by molar-refractivity contribution is 0.979. The Labute approximate surface area is 106 Å². The van der Waals surface area contributed by atoms with Crippen LogP contribution in [-0.2, 0) is 0 Å². The summed E-state index contributed by atoms with van der Waals surface area (Å²) in [6.45, 7) is 2.82. The molecule has 14 heavy (non-hydrogen) atoms. The first-order valence-electron chi connectivity index (χ1n) is 4.14. The van der Waals surface area contributed by atoms with E-state index in [1.54, 1.807) is 0 Å². The zero-order chi connectivity index (χ0) is 10.6. The lowest BCUT2D eigenvalue weighted by atomic mass is 10.3. The molecule has 2 N–H and O–H groups in total. The third-order valence-electron chi connectivity index (χ3n) is 1.54. The maximum atomic E-state index is 5.09. The van der Waals surface area contributed by atoms with E-state index in [0.29, 0.717) is 5.11 Å². The number of nitrogens with one attached hydrogen (secondary N) is 2. The number of anilines is 1. The lowest BCUT2D eigenvalue weighted by Crippen LogP contribution is -2.28. The number of thiocarbonyl (C=S) groups is 1. The molecule has 0 atom stereocenters. The quantitative estimate of drug-likeness (QED) is 0.807. The van der Waals surface area contributed by atoms with Gasteiger partial charge in [0.05, 0.1) is 5.69 Å². The molecule has 0 amide bonds. The molecule has 0 aliphatic carbocycles. The van der Waals surface area contributed by atoms with Crippen LogP contribution >= 0.6 is 44.1 Å². The Morgan fingerprint density at radius 1 is 1.36 bits per heavy atom. The minimum absolute atomic E-state index is 0.625. The van der Waals surface area contributed by atoms with Gasteiger partial charge in [-0.1, -0.05) is 6.07 Å². The van der Waals surface area contributed by atoms with Crippen molar-refractivity contribution in [1.29, 1.82) is 0 Å². The standard InChI is InChI=1S/C9H10Br2N2S/c1-2-12-9(14)13-8-6(10)4-3-5-7(8)11/h3-5H,2H2,1H3,(H2,12,13,14). The van der Waals surface area contributed by atoms with Crippen molar-refractivity contribution in [2.45, 2.75) is 6.92 Å². The highest BCUT2D eigenvalue weighted by Crippen LogP contribution is 2.30. The molecule has 0 heterocycles. The van der Waals surface area contributed by atoms with Gasteiger partial charge in [0.25, 0.3) is 0 Å². The SMILES string of the molecule is CCNC(=S)Nc1c(Br)cccc1Br. The second-order valence-corrected chi connectivity index (χ2v) is 4.70. The van der Waals surface area contributed by atoms with Gasteiger partial charge in [-0.3, -0.25) is 0 Å². The molecule has 1 rings (SSSR count). The van der Waals surface area contributed by atoms with Crippen LogP contribution in [0.15, 0.2) is 27.1 Å². The molecule has 0 fully saturated rings. The van der Waals surface area contributed by atoms with E-state index in [0.717, 1.165) is 21.2 Å². The van der Waals surface area contributed by atoms with Crippen LogP contribution in [0.3, 0.4) is 0 Å². The molecule has 0 unspecified atom stereocenters. The Morgan fingerprint density at radius 2 is 1.93 bits per heavy atom. The molecule has 1 aromatic carbocycles. The molecule has 0 bridgehead atoms. The summed E-state index contributed by atoms with van der Waals surface area (Å²) in [6.07, 6.45) is 0. The van der Waals surface area contributed by atoms with Crippen LogP contribution in [0.1, 0.15) is 6.92 Å². The van der Waals surface area contributed by atoms with Gasteiger partial charge < -0.3 is 10.6 Å². The first kappa shape index (κ1) is 11.9. The number of rotatable bonds is 2. The van der Waals surface area contributed by atoms with E-state index in [2.05, 4.69) is 42.5 Å². The third kappa shape index (κ3) is 3.22. The number of halogens is 2. The Bertz CT molecular complexity index is 321. The summed E-state index contributed by atoms with van der Waals surface area (Å²) in [5, 5.41) is 6.76. The molecule has 0 aromatic heterocycles. The van der Waals surface area contributed by atoms with Crippen LogP contribution in [0.2, 0.25) is 0 Å². The molecule has 0 saturated carbocycles. The second kappa shape index (κ2) is 5.68. The summed E-state index contributed by atoms with van der Waals surface area (Å²) in [5.74, 6) is 0. The van der Waals surface area contributed by atoms with E-state index in [4.69, 9.17) is 12.2 Å². The van der Waals surface area contributed by atoms with Crippen LogP contribution in [0.25, 0.3) is 0 Å². The van der Waals surface area contributed by atoms with Gasteiger partial charge >= 0.3 is 0 Å². The molecule has 1 aromatic rings. The van der Waals surface area contributed by atoms with Crippen molar-refractivity contribution in [2.24, 2.45) is 0 Å². The largest absolute Gasteiger partial charge is 0.363 e. The van der Waals surface area contributed by atoms with Gasteiger partial charge in [0, 0.05) is 15.5 Å². The van der Waals surface area contributed by atoms with E-state index < -0.39 is 0 Å². The fraction of sp³-hybridized carbons (Fsp3) is 0.222. The fourth-order valence-electron chi connectivity index (χ4n) is 0.936. The van der Waals surface area contributed by atoms with E-state index in [1.807, 2.05) is 25.1 Å². The average molecular weight is 338 g/mol. The minimum atomic E-state index is 0.625. The number of hydrogen-bond acceptors (Lipinski definition) is 1. The van der Waals surface area contributed by atoms with Crippen molar-refractivity contribution < 1.29 is 0 Å². The lowest BCUT2D eigenvalue weighted by Gasteiger charge is -2.11. The van der Waals surface area contributed by atoms with E-state index in [9.17, 15) is 0 Å². The summed E-state index contributed by atoms with van der Waals surface area (Å²) < 4.78 is 1.96. The van der Waals surface area contributed by atoms with Crippen molar-refractivity contribution in [1.82, 2.24) is 5.32 Å². The Morgan fingerprint density at radius 3 is 2.43 bits per heavy atom. The van der Waals surface area contributed by atoms with Crippen LogP contribution in [0, 0.1) is 0 Å². The molecular formula is C9H10Br2N2S. The molecule has 5 heteroatoms. The molecule has 76 valence electrons. The topological polar surface area (TPSA) is 24.1 Å². The molecule has 0 aliphatic heterocycles. The summed E-state index contributed by atoms with van der Waals surface area (Å²) in [4.78, 5) is 0. The predicted molar refractivity (Wildman–Crippen MR) is 71.7 cm³/mol. The molecule has 0 spiro atoms. The number of benzene rings is 1. The highest BCUT2D eigenvalue weighted by molar-refractivity contribution is 9.11. The van der Waals surface area contributed by atoms with Gasteiger partial charge in [-0.2, -0.15) is 0 Å². The summed E-state index contributed by atoms with van der Waals surface area (Å²) in [6, 6.07) is 5.87. The zero-order valence-corrected chi connectivity index (χ0v) is 11.6. The van der Waals surface area contributed by atoms with Crippen LogP contribution in [0.4, 0.5) is 5.69 Å². The highest BCUT2D eigenvalue weighted by Gasteiger charge is 2.05. The maximum Gasteiger partial charge on any atom is 0.170 e. The van der Waals surface area contributed by atoms with Crippen molar-refractivity contribution in [3.8, 4) is 0 Å². The Kier molecular flexibility index (Phi) is 4.84. The van der Waals surface area contributed by atoms with E-state index in [1.165, 1.54) is 0 Å². The van der Waals surface area contributed by atoms with Crippen molar-refractivity contribution in [3.05, 3.63) is 27.1 Å². The number of hydrogen-bond donors (Lipinski definition) is 2. The summed E-state index contributed by atoms with van der Waals surface area (Å²) in [7, 11) is 0. The molecule has 2 nitrogen and oxygen atoms in total.